The normalized spacial score (nSPS) is 10.2. The molecule has 0 radical (unpaired) electrons. The van der Waals surface area contributed by atoms with Crippen molar-refractivity contribution in [3.63, 3.8) is 0 Å². The monoisotopic (exact) mass is 381 g/mol. The molecule has 0 heterocycles. The second kappa shape index (κ2) is 7.19. The highest BCUT2D eigenvalue weighted by Crippen LogP contribution is 2.27. The van der Waals surface area contributed by atoms with Crippen molar-refractivity contribution < 1.29 is 4.79 Å². The summed E-state index contributed by atoms with van der Waals surface area (Å²) in [6, 6.07) is 23.9. The fourth-order valence-electron chi connectivity index (χ4n) is 2.30. The molecule has 2 amide bonds. The van der Waals surface area contributed by atoms with E-state index in [0.29, 0.717) is 5.69 Å². The number of rotatable bonds is 3. The zero-order valence-corrected chi connectivity index (χ0v) is 14.4. The van der Waals surface area contributed by atoms with Gasteiger partial charge in [-0.3, -0.25) is 4.90 Å². The molecule has 0 saturated heterocycles. The summed E-state index contributed by atoms with van der Waals surface area (Å²) in [5.74, 6) is 0. The highest BCUT2D eigenvalue weighted by atomic mass is 79.9. The van der Waals surface area contributed by atoms with Crippen molar-refractivity contribution in [1.82, 2.24) is 0 Å². The second-order valence-corrected chi connectivity index (χ2v) is 6.12. The first-order valence-corrected chi connectivity index (χ1v) is 8.20. The first kappa shape index (κ1) is 16.1. The van der Waals surface area contributed by atoms with Gasteiger partial charge < -0.3 is 11.1 Å². The number of amides is 2. The number of nitrogens with two attached hydrogens (primary N) is 1. The Kier molecular flexibility index (Phi) is 4.82. The molecular formula is C19H16BrN3O. The van der Waals surface area contributed by atoms with Crippen molar-refractivity contribution in [2.75, 3.05) is 16.0 Å². The lowest BCUT2D eigenvalue weighted by Gasteiger charge is -2.23. The molecule has 0 unspecified atom stereocenters. The summed E-state index contributed by atoms with van der Waals surface area (Å²) in [7, 11) is 0. The van der Waals surface area contributed by atoms with Crippen LogP contribution in [0.2, 0.25) is 0 Å². The third-order valence-electron chi connectivity index (χ3n) is 3.46. The van der Waals surface area contributed by atoms with Gasteiger partial charge >= 0.3 is 6.03 Å². The summed E-state index contributed by atoms with van der Waals surface area (Å²) < 4.78 is 0.957. The van der Waals surface area contributed by atoms with Crippen LogP contribution in [0.1, 0.15) is 0 Å². The number of para-hydroxylation sites is 1. The second-order valence-electron chi connectivity index (χ2n) is 5.20. The number of halogens is 1. The van der Waals surface area contributed by atoms with Gasteiger partial charge in [-0.1, -0.05) is 34.1 Å². The lowest BCUT2D eigenvalue weighted by Crippen LogP contribution is -2.30. The van der Waals surface area contributed by atoms with Crippen LogP contribution in [0.15, 0.2) is 83.3 Å². The molecule has 0 fully saturated rings. The number of anilines is 4. The maximum Gasteiger partial charge on any atom is 0.330 e. The lowest BCUT2D eigenvalue weighted by atomic mass is 10.2. The molecule has 3 N–H and O–H groups in total. The third kappa shape index (κ3) is 3.75. The van der Waals surface area contributed by atoms with Gasteiger partial charge in [-0.05, 0) is 60.7 Å². The summed E-state index contributed by atoms with van der Waals surface area (Å²) >= 11 is 3.39. The van der Waals surface area contributed by atoms with E-state index in [0.717, 1.165) is 21.5 Å². The van der Waals surface area contributed by atoms with Gasteiger partial charge in [0.15, 0.2) is 0 Å². The molecule has 3 aromatic rings. The van der Waals surface area contributed by atoms with Gasteiger partial charge in [-0.2, -0.15) is 0 Å². The molecule has 0 atom stereocenters. The summed E-state index contributed by atoms with van der Waals surface area (Å²) in [5.41, 5.74) is 8.65. The summed E-state index contributed by atoms with van der Waals surface area (Å²) in [4.78, 5) is 14.5. The maximum absolute atomic E-state index is 12.9. The predicted octanol–water partition coefficient (Wildman–Crippen LogP) is 5.40. The number of benzene rings is 3. The summed E-state index contributed by atoms with van der Waals surface area (Å²) in [5, 5.41) is 2.92. The molecule has 3 aromatic carbocycles. The number of nitrogens with zero attached hydrogens (tertiary/aromatic N) is 1. The summed E-state index contributed by atoms with van der Waals surface area (Å²) in [6.07, 6.45) is 0. The predicted molar refractivity (Wildman–Crippen MR) is 103 cm³/mol. The van der Waals surface area contributed by atoms with Crippen LogP contribution >= 0.6 is 15.9 Å². The molecule has 3 rings (SSSR count). The Hall–Kier alpha value is -2.79. The standard InChI is InChI=1S/C19H16BrN3O/c20-14-6-10-16(11-7-14)22-19(24)23(17-4-2-1-3-5-17)18-12-8-15(21)9-13-18/h1-13H,21H2,(H,22,24). The van der Waals surface area contributed by atoms with Crippen molar-refractivity contribution in [1.29, 1.82) is 0 Å². The fraction of sp³-hybridized carbons (Fsp3) is 0. The molecule has 0 aliphatic heterocycles. The first-order valence-electron chi connectivity index (χ1n) is 7.41. The van der Waals surface area contributed by atoms with E-state index in [2.05, 4.69) is 21.2 Å². The van der Waals surface area contributed by atoms with Crippen LogP contribution in [-0.2, 0) is 0 Å². The lowest BCUT2D eigenvalue weighted by molar-refractivity contribution is 0.259. The quantitative estimate of drug-likeness (QED) is 0.596. The van der Waals surface area contributed by atoms with Gasteiger partial charge in [0.05, 0.1) is 11.4 Å². The van der Waals surface area contributed by atoms with Gasteiger partial charge in [-0.15, -0.1) is 0 Å². The zero-order valence-electron chi connectivity index (χ0n) is 12.8. The Labute approximate surface area is 149 Å². The Morgan fingerprint density at radius 2 is 1.42 bits per heavy atom. The highest BCUT2D eigenvalue weighted by molar-refractivity contribution is 9.10. The van der Waals surface area contributed by atoms with E-state index >= 15 is 0 Å². The number of hydrogen-bond donors (Lipinski definition) is 2. The Bertz CT molecular complexity index is 817. The minimum Gasteiger partial charge on any atom is -0.399 e. The SMILES string of the molecule is Nc1ccc(N(C(=O)Nc2ccc(Br)cc2)c2ccccc2)cc1. The average molecular weight is 382 g/mol. The van der Waals surface area contributed by atoms with Crippen molar-refractivity contribution in [3.05, 3.63) is 83.3 Å². The van der Waals surface area contributed by atoms with Crippen molar-refractivity contribution >= 4 is 44.7 Å². The van der Waals surface area contributed by atoms with E-state index in [9.17, 15) is 4.79 Å². The van der Waals surface area contributed by atoms with E-state index < -0.39 is 0 Å². The first-order chi connectivity index (χ1) is 11.6. The molecular weight excluding hydrogens is 366 g/mol. The van der Waals surface area contributed by atoms with Gasteiger partial charge in [0.1, 0.15) is 0 Å². The molecule has 0 saturated carbocycles. The van der Waals surface area contributed by atoms with Gasteiger partial charge in [0.2, 0.25) is 0 Å². The van der Waals surface area contributed by atoms with Crippen LogP contribution < -0.4 is 16.0 Å². The molecule has 4 nitrogen and oxygen atoms in total. The minimum atomic E-state index is -0.242. The van der Waals surface area contributed by atoms with Gasteiger partial charge in [-0.25, -0.2) is 4.79 Å². The van der Waals surface area contributed by atoms with Crippen LogP contribution in [0.4, 0.5) is 27.5 Å². The van der Waals surface area contributed by atoms with Crippen molar-refractivity contribution in [2.45, 2.75) is 0 Å². The largest absolute Gasteiger partial charge is 0.399 e. The van der Waals surface area contributed by atoms with Crippen LogP contribution in [-0.4, -0.2) is 6.03 Å². The fourth-order valence-corrected chi connectivity index (χ4v) is 2.56. The third-order valence-corrected chi connectivity index (χ3v) is 3.99. The van der Waals surface area contributed by atoms with Crippen LogP contribution in [0.5, 0.6) is 0 Å². The number of urea groups is 1. The molecule has 24 heavy (non-hydrogen) atoms. The zero-order chi connectivity index (χ0) is 16.9. The molecule has 0 aliphatic carbocycles. The molecule has 0 spiro atoms. The Morgan fingerprint density at radius 3 is 2.04 bits per heavy atom. The van der Waals surface area contributed by atoms with Crippen LogP contribution in [0, 0.1) is 0 Å². The van der Waals surface area contributed by atoms with Gasteiger partial charge in [0.25, 0.3) is 0 Å². The topological polar surface area (TPSA) is 58.4 Å². The minimum absolute atomic E-state index is 0.242. The number of carbonyl (C=O) groups is 1. The Morgan fingerprint density at radius 1 is 0.833 bits per heavy atom. The highest BCUT2D eigenvalue weighted by Gasteiger charge is 2.18. The van der Waals surface area contributed by atoms with Crippen molar-refractivity contribution in [3.8, 4) is 0 Å². The van der Waals surface area contributed by atoms with E-state index in [1.54, 1.807) is 17.0 Å². The Balaban J connectivity index is 1.93. The van der Waals surface area contributed by atoms with E-state index in [1.165, 1.54) is 0 Å². The molecule has 0 bridgehead atoms. The maximum atomic E-state index is 12.9. The summed E-state index contributed by atoms with van der Waals surface area (Å²) in [6.45, 7) is 0. The van der Waals surface area contributed by atoms with Crippen LogP contribution in [0.25, 0.3) is 0 Å². The van der Waals surface area contributed by atoms with Gasteiger partial charge in [0, 0.05) is 15.8 Å². The number of nitrogen functional groups attached to an aromatic ring is 1. The van der Waals surface area contributed by atoms with E-state index in [1.807, 2.05) is 66.7 Å². The smallest absolute Gasteiger partial charge is 0.330 e. The van der Waals surface area contributed by atoms with E-state index in [4.69, 9.17) is 5.73 Å². The molecule has 120 valence electrons. The molecule has 5 heteroatoms. The number of hydrogen-bond acceptors (Lipinski definition) is 2. The molecule has 0 aliphatic rings. The number of carbonyl (C=O) groups excluding carboxylic acids is 1. The van der Waals surface area contributed by atoms with E-state index in [-0.39, 0.29) is 6.03 Å². The van der Waals surface area contributed by atoms with Crippen LogP contribution in [0.3, 0.4) is 0 Å². The number of nitrogens with one attached hydrogen (secondary N) is 1. The van der Waals surface area contributed by atoms with Crippen molar-refractivity contribution in [2.24, 2.45) is 0 Å². The molecule has 0 aromatic heterocycles. The average Bonchev–Trinajstić information content (AvgIpc) is 2.60.